The number of aryl methyl sites for hydroxylation is 1. The Kier molecular flexibility index (Phi) is 7.94. The molecule has 0 atom stereocenters. The lowest BCUT2D eigenvalue weighted by Crippen LogP contribution is -2.46. The quantitative estimate of drug-likeness (QED) is 0.292. The molecule has 2 aliphatic rings. The highest BCUT2D eigenvalue weighted by molar-refractivity contribution is 5.95. The molecule has 0 bridgehead atoms. The molecule has 6 heteroatoms. The van der Waals surface area contributed by atoms with Crippen molar-refractivity contribution in [2.75, 3.05) is 44.2 Å². The lowest BCUT2D eigenvalue weighted by atomic mass is 9.91. The Labute approximate surface area is 242 Å². The maximum absolute atomic E-state index is 11.9. The minimum absolute atomic E-state index is 0.357. The smallest absolute Gasteiger partial charge is 0.336 e. The summed E-state index contributed by atoms with van der Waals surface area (Å²) in [7, 11) is 0. The summed E-state index contributed by atoms with van der Waals surface area (Å²) in [5.41, 5.74) is 10.2. The normalized spacial score (nSPS) is 15.9. The molecule has 1 saturated heterocycles. The number of carboxylic acid groups (broad SMARTS) is 1. The average Bonchev–Trinajstić information content (AvgIpc) is 3.03. The first-order valence-corrected chi connectivity index (χ1v) is 14.4. The van der Waals surface area contributed by atoms with Crippen molar-refractivity contribution in [3.05, 3.63) is 113 Å². The summed E-state index contributed by atoms with van der Waals surface area (Å²) in [5, 5.41) is 13.0. The molecular weight excluding hydrogens is 508 g/mol. The highest BCUT2D eigenvalue weighted by atomic mass is 16.4. The number of nitrogens with one attached hydrogen (secondary N) is 1. The third kappa shape index (κ3) is 6.24. The van der Waals surface area contributed by atoms with E-state index in [-0.39, 0.29) is 0 Å². The van der Waals surface area contributed by atoms with Crippen molar-refractivity contribution in [3.63, 3.8) is 0 Å². The van der Waals surface area contributed by atoms with E-state index in [2.05, 4.69) is 88.8 Å². The van der Waals surface area contributed by atoms with E-state index in [1.54, 1.807) is 6.07 Å². The average molecular weight is 545 g/mol. The maximum Gasteiger partial charge on any atom is 0.336 e. The van der Waals surface area contributed by atoms with E-state index in [0.29, 0.717) is 5.56 Å². The Morgan fingerprint density at radius 1 is 0.878 bits per heavy atom. The first-order chi connectivity index (χ1) is 20.0. The first-order valence-electron chi connectivity index (χ1n) is 14.4. The number of aromatic nitrogens is 1. The molecule has 1 aromatic heterocycles. The van der Waals surface area contributed by atoms with Crippen molar-refractivity contribution in [2.45, 2.75) is 19.9 Å². The summed E-state index contributed by atoms with van der Waals surface area (Å²) < 4.78 is 0. The molecule has 1 fully saturated rings. The number of aromatic carboxylic acids is 1. The van der Waals surface area contributed by atoms with Crippen molar-refractivity contribution in [1.29, 1.82) is 0 Å². The molecule has 6 rings (SSSR count). The maximum atomic E-state index is 11.9. The molecule has 3 aromatic carbocycles. The van der Waals surface area contributed by atoms with Crippen LogP contribution in [0.4, 0.5) is 5.69 Å². The van der Waals surface area contributed by atoms with Gasteiger partial charge in [-0.1, -0.05) is 66.2 Å². The molecule has 6 nitrogen and oxygen atoms in total. The Hall–Kier alpha value is -4.26. The molecule has 2 N–H and O–H groups in total. The number of nitrogens with zero attached hydrogens (tertiary/aromatic N) is 3. The van der Waals surface area contributed by atoms with Gasteiger partial charge in [0, 0.05) is 44.8 Å². The molecular formula is C35H36N4O2. The van der Waals surface area contributed by atoms with Gasteiger partial charge in [0.15, 0.2) is 0 Å². The zero-order chi connectivity index (χ0) is 28.2. The Balaban J connectivity index is 1.11. The molecule has 2 aliphatic heterocycles. The van der Waals surface area contributed by atoms with Crippen LogP contribution in [0.1, 0.15) is 33.5 Å². The number of carboxylic acids is 1. The molecule has 208 valence electrons. The predicted molar refractivity (Wildman–Crippen MR) is 166 cm³/mol. The van der Waals surface area contributed by atoms with Gasteiger partial charge in [-0.25, -0.2) is 4.79 Å². The molecule has 0 saturated carbocycles. The van der Waals surface area contributed by atoms with Crippen molar-refractivity contribution in [1.82, 2.24) is 15.2 Å². The van der Waals surface area contributed by atoms with E-state index in [1.165, 1.54) is 16.8 Å². The van der Waals surface area contributed by atoms with Gasteiger partial charge in [0.05, 0.1) is 23.1 Å². The van der Waals surface area contributed by atoms with Crippen molar-refractivity contribution < 1.29 is 9.90 Å². The molecule has 0 unspecified atom stereocenters. The number of anilines is 1. The predicted octanol–water partition coefficient (Wildman–Crippen LogP) is 6.12. The van der Waals surface area contributed by atoms with Crippen LogP contribution in [0, 0.1) is 6.92 Å². The van der Waals surface area contributed by atoms with Gasteiger partial charge in [-0.3, -0.25) is 9.88 Å². The van der Waals surface area contributed by atoms with E-state index in [9.17, 15) is 9.90 Å². The molecule has 3 heterocycles. The van der Waals surface area contributed by atoms with Gasteiger partial charge in [-0.05, 0) is 72.0 Å². The minimum atomic E-state index is -0.889. The van der Waals surface area contributed by atoms with E-state index in [0.717, 1.165) is 85.8 Å². The molecule has 0 aliphatic carbocycles. The fraction of sp³-hybridized carbons (Fsp3) is 0.257. The van der Waals surface area contributed by atoms with Gasteiger partial charge < -0.3 is 15.3 Å². The van der Waals surface area contributed by atoms with Crippen molar-refractivity contribution in [2.24, 2.45) is 0 Å². The highest BCUT2D eigenvalue weighted by Crippen LogP contribution is 2.31. The van der Waals surface area contributed by atoms with E-state index in [4.69, 9.17) is 4.98 Å². The monoisotopic (exact) mass is 544 g/mol. The van der Waals surface area contributed by atoms with Crippen LogP contribution in [0.2, 0.25) is 0 Å². The molecule has 0 spiro atoms. The van der Waals surface area contributed by atoms with Gasteiger partial charge in [0.25, 0.3) is 0 Å². The molecule has 0 radical (unpaired) electrons. The second-order valence-corrected chi connectivity index (χ2v) is 11.0. The molecule has 4 aromatic rings. The Morgan fingerprint density at radius 2 is 1.61 bits per heavy atom. The topological polar surface area (TPSA) is 68.7 Å². The summed E-state index contributed by atoms with van der Waals surface area (Å²) in [6.07, 6.45) is 4.91. The van der Waals surface area contributed by atoms with Crippen LogP contribution >= 0.6 is 0 Å². The summed E-state index contributed by atoms with van der Waals surface area (Å²) in [5.74, 6) is -0.889. The van der Waals surface area contributed by atoms with Crippen molar-refractivity contribution in [3.8, 4) is 22.4 Å². The highest BCUT2D eigenvalue weighted by Gasteiger charge is 2.19. The summed E-state index contributed by atoms with van der Waals surface area (Å²) in [4.78, 5) is 21.6. The third-order valence-electron chi connectivity index (χ3n) is 8.19. The van der Waals surface area contributed by atoms with Gasteiger partial charge in [-0.2, -0.15) is 0 Å². The van der Waals surface area contributed by atoms with Crippen LogP contribution in [0.25, 0.3) is 28.0 Å². The number of pyridine rings is 1. The van der Waals surface area contributed by atoms with Gasteiger partial charge in [0.2, 0.25) is 0 Å². The zero-order valence-corrected chi connectivity index (χ0v) is 23.5. The van der Waals surface area contributed by atoms with Crippen molar-refractivity contribution >= 4 is 17.2 Å². The second kappa shape index (κ2) is 12.1. The van der Waals surface area contributed by atoms with Gasteiger partial charge in [-0.15, -0.1) is 0 Å². The van der Waals surface area contributed by atoms with E-state index >= 15 is 0 Å². The third-order valence-corrected chi connectivity index (χ3v) is 8.19. The minimum Gasteiger partial charge on any atom is -0.478 e. The van der Waals surface area contributed by atoms with Gasteiger partial charge in [0.1, 0.15) is 0 Å². The summed E-state index contributed by atoms with van der Waals surface area (Å²) in [6.45, 7) is 8.84. The van der Waals surface area contributed by atoms with Crippen LogP contribution in [-0.2, 0) is 6.54 Å². The number of hydrogen-bond acceptors (Lipinski definition) is 5. The van der Waals surface area contributed by atoms with E-state index in [1.807, 2.05) is 18.3 Å². The Bertz CT molecular complexity index is 1540. The lowest BCUT2D eigenvalue weighted by Gasteiger charge is -2.36. The number of carbonyl (C=O) groups is 1. The lowest BCUT2D eigenvalue weighted by molar-refractivity contribution is 0.0696. The van der Waals surface area contributed by atoms with Crippen LogP contribution in [0.5, 0.6) is 0 Å². The Morgan fingerprint density at radius 3 is 2.27 bits per heavy atom. The summed E-state index contributed by atoms with van der Waals surface area (Å²) >= 11 is 0. The largest absolute Gasteiger partial charge is 0.478 e. The summed E-state index contributed by atoms with van der Waals surface area (Å²) in [6, 6.07) is 27.1. The molecule has 0 amide bonds. The number of rotatable bonds is 7. The zero-order valence-electron chi connectivity index (χ0n) is 23.5. The second-order valence-electron chi connectivity index (χ2n) is 11.0. The molecule has 41 heavy (non-hydrogen) atoms. The van der Waals surface area contributed by atoms with E-state index < -0.39 is 5.97 Å². The van der Waals surface area contributed by atoms with Crippen LogP contribution in [-0.4, -0.2) is 60.2 Å². The van der Waals surface area contributed by atoms with Crippen LogP contribution < -0.4 is 10.2 Å². The first kappa shape index (κ1) is 26.9. The van der Waals surface area contributed by atoms with Crippen LogP contribution in [0.3, 0.4) is 0 Å². The number of piperazine rings is 1. The standard InChI is InChI=1S/C35H36N4O2/c1-25-2-4-26(5-3-25)24-38-18-20-39(21-19-38)31-11-13-34(37-23-31)29-8-6-27(7-9-29)30-10-12-32(35(40)41)33(22-30)28-14-16-36-17-15-28/h2-14,22-23,36H,15-21,24H2,1H3,(H,40,41). The fourth-order valence-electron chi connectivity index (χ4n) is 5.74. The SMILES string of the molecule is Cc1ccc(CN2CCN(c3ccc(-c4ccc(-c5ccc(C(=O)O)c(C6=CCNCC6)c5)cc4)nc3)CC2)cc1. The number of hydrogen-bond donors (Lipinski definition) is 2. The van der Waals surface area contributed by atoms with Gasteiger partial charge >= 0.3 is 5.97 Å². The number of benzene rings is 3. The van der Waals surface area contributed by atoms with Crippen LogP contribution in [0.15, 0.2) is 91.1 Å². The fourth-order valence-corrected chi connectivity index (χ4v) is 5.74.